The molecule has 0 saturated carbocycles. The number of rotatable bonds is 5. The fourth-order valence-electron chi connectivity index (χ4n) is 2.76. The van der Waals surface area contributed by atoms with E-state index in [-0.39, 0.29) is 5.91 Å². The third-order valence-electron chi connectivity index (χ3n) is 4.05. The minimum absolute atomic E-state index is 0.231. The largest absolute Gasteiger partial charge is 0.422 e. The Hall–Kier alpha value is -2.90. The number of fused-ring (bicyclic) bond motifs is 1. The molecule has 0 spiro atoms. The van der Waals surface area contributed by atoms with Gasteiger partial charge < -0.3 is 4.42 Å². The highest BCUT2D eigenvalue weighted by atomic mass is 32.2. The summed E-state index contributed by atoms with van der Waals surface area (Å²) in [5, 5.41) is 5.79. The molecule has 0 unspecified atom stereocenters. The average molecular weight is 409 g/mol. The molecule has 140 valence electrons. The number of hydrogen-bond donors (Lipinski definition) is 1. The molecule has 0 aliphatic heterocycles. The van der Waals surface area contributed by atoms with E-state index in [9.17, 15) is 9.59 Å². The minimum atomic E-state index is -0.453. The Morgan fingerprint density at radius 2 is 2.04 bits per heavy atom. The molecule has 0 saturated heterocycles. The number of thiazole rings is 1. The van der Waals surface area contributed by atoms with E-state index in [2.05, 4.69) is 17.2 Å². The van der Waals surface area contributed by atoms with Crippen LogP contribution in [0.25, 0.3) is 22.2 Å². The van der Waals surface area contributed by atoms with Crippen LogP contribution in [-0.2, 0) is 0 Å². The van der Waals surface area contributed by atoms with E-state index >= 15 is 0 Å². The first kappa shape index (κ1) is 18.5. The van der Waals surface area contributed by atoms with Gasteiger partial charge in [-0.1, -0.05) is 31.2 Å². The van der Waals surface area contributed by atoms with Gasteiger partial charge in [0.1, 0.15) is 5.58 Å². The lowest BCUT2D eigenvalue weighted by Crippen LogP contribution is -2.11. The van der Waals surface area contributed by atoms with Crippen LogP contribution in [0.15, 0.2) is 74.1 Å². The summed E-state index contributed by atoms with van der Waals surface area (Å²) in [6.07, 6.45) is 0. The summed E-state index contributed by atoms with van der Waals surface area (Å²) < 4.78 is 5.36. The highest BCUT2D eigenvalue weighted by Gasteiger charge is 2.14. The van der Waals surface area contributed by atoms with Crippen molar-refractivity contribution >= 4 is 45.1 Å². The number of carbonyl (C=O) groups excluding carboxylic acids is 1. The maximum Gasteiger partial charge on any atom is 0.345 e. The summed E-state index contributed by atoms with van der Waals surface area (Å²) in [5.41, 5.74) is 1.50. The maximum atomic E-state index is 12.5. The van der Waals surface area contributed by atoms with Crippen molar-refractivity contribution in [3.05, 3.63) is 76.0 Å². The maximum absolute atomic E-state index is 12.5. The van der Waals surface area contributed by atoms with Crippen LogP contribution >= 0.6 is 23.1 Å². The Morgan fingerprint density at radius 3 is 2.89 bits per heavy atom. The normalized spacial score (nSPS) is 10.9. The first-order chi connectivity index (χ1) is 13.6. The number of para-hydroxylation sites is 1. The van der Waals surface area contributed by atoms with Crippen molar-refractivity contribution in [1.82, 2.24) is 4.98 Å². The van der Waals surface area contributed by atoms with Crippen molar-refractivity contribution < 1.29 is 9.21 Å². The fourth-order valence-corrected chi connectivity index (χ4v) is 4.18. The number of amides is 1. The summed E-state index contributed by atoms with van der Waals surface area (Å²) in [5.74, 6) is 0.708. The molecular formula is C21H16N2O3S2. The van der Waals surface area contributed by atoms with Crippen molar-refractivity contribution in [3.8, 4) is 11.3 Å². The van der Waals surface area contributed by atoms with Gasteiger partial charge in [-0.15, -0.1) is 23.1 Å². The standard InChI is InChI=1S/C21H16N2O3S2/c1-2-27-15-8-5-7-14(10-15)19(24)23-21-22-17(12-28-21)16-11-13-6-3-4-9-18(13)26-20(16)25/h3-12H,2H2,1H3,(H,22,23,24). The first-order valence-corrected chi connectivity index (χ1v) is 10.5. The highest BCUT2D eigenvalue weighted by molar-refractivity contribution is 7.99. The number of nitrogens with one attached hydrogen (secondary N) is 1. The van der Waals surface area contributed by atoms with Crippen molar-refractivity contribution in [1.29, 1.82) is 0 Å². The second-order valence-corrected chi connectivity index (χ2v) is 8.13. The van der Waals surface area contributed by atoms with Gasteiger partial charge in [-0.25, -0.2) is 9.78 Å². The number of nitrogens with zero attached hydrogens (tertiary/aromatic N) is 1. The Kier molecular flexibility index (Phi) is 5.27. The zero-order chi connectivity index (χ0) is 19.5. The Morgan fingerprint density at radius 1 is 1.18 bits per heavy atom. The molecular weight excluding hydrogens is 392 g/mol. The number of anilines is 1. The van der Waals surface area contributed by atoms with E-state index < -0.39 is 5.63 Å². The number of carbonyl (C=O) groups is 1. The molecule has 28 heavy (non-hydrogen) atoms. The molecule has 5 nitrogen and oxygen atoms in total. The Bertz CT molecular complexity index is 1210. The first-order valence-electron chi connectivity index (χ1n) is 8.67. The molecule has 0 radical (unpaired) electrons. The van der Waals surface area contributed by atoms with Crippen molar-refractivity contribution in [3.63, 3.8) is 0 Å². The lowest BCUT2D eigenvalue weighted by atomic mass is 10.1. The molecule has 2 aromatic carbocycles. The molecule has 0 fully saturated rings. The van der Waals surface area contributed by atoms with E-state index in [0.29, 0.717) is 27.5 Å². The molecule has 4 rings (SSSR count). The second kappa shape index (κ2) is 8.00. The molecule has 0 aliphatic rings. The predicted molar refractivity (Wildman–Crippen MR) is 114 cm³/mol. The third-order valence-corrected chi connectivity index (χ3v) is 5.68. The Labute approximate surface area is 169 Å². The summed E-state index contributed by atoms with van der Waals surface area (Å²) in [7, 11) is 0. The molecule has 0 atom stereocenters. The van der Waals surface area contributed by atoms with Crippen molar-refractivity contribution in [2.75, 3.05) is 11.1 Å². The number of thioether (sulfide) groups is 1. The van der Waals surface area contributed by atoms with Gasteiger partial charge in [0.15, 0.2) is 5.13 Å². The number of aromatic nitrogens is 1. The zero-order valence-corrected chi connectivity index (χ0v) is 16.6. The molecule has 1 N–H and O–H groups in total. The SMILES string of the molecule is CCSc1cccc(C(=O)Nc2nc(-c3cc4ccccc4oc3=O)cs2)c1. The molecule has 4 aromatic rings. The Balaban J connectivity index is 1.58. The second-order valence-electron chi connectivity index (χ2n) is 5.94. The van der Waals surface area contributed by atoms with Crippen LogP contribution in [0.2, 0.25) is 0 Å². The van der Waals surface area contributed by atoms with Gasteiger partial charge >= 0.3 is 5.63 Å². The van der Waals surface area contributed by atoms with E-state index in [1.54, 1.807) is 35.3 Å². The molecule has 2 heterocycles. The smallest absolute Gasteiger partial charge is 0.345 e. The molecule has 2 aromatic heterocycles. The van der Waals surface area contributed by atoms with Gasteiger partial charge in [0, 0.05) is 21.2 Å². The average Bonchev–Trinajstić information content (AvgIpc) is 3.16. The fraction of sp³-hybridized carbons (Fsp3) is 0.0952. The van der Waals surface area contributed by atoms with Gasteiger partial charge in [-0.3, -0.25) is 10.1 Å². The van der Waals surface area contributed by atoms with E-state index in [1.807, 2.05) is 36.4 Å². The summed E-state index contributed by atoms with van der Waals surface area (Å²) in [6.45, 7) is 2.07. The van der Waals surface area contributed by atoms with Crippen LogP contribution < -0.4 is 10.9 Å². The molecule has 0 bridgehead atoms. The summed E-state index contributed by atoms with van der Waals surface area (Å²) in [4.78, 5) is 30.3. The van der Waals surface area contributed by atoms with Crippen molar-refractivity contribution in [2.24, 2.45) is 0 Å². The van der Waals surface area contributed by atoms with E-state index in [1.165, 1.54) is 11.3 Å². The van der Waals surface area contributed by atoms with Gasteiger partial charge in [0.25, 0.3) is 5.91 Å². The number of benzene rings is 2. The van der Waals surface area contributed by atoms with Crippen LogP contribution in [0.4, 0.5) is 5.13 Å². The van der Waals surface area contributed by atoms with Gasteiger partial charge in [-0.2, -0.15) is 0 Å². The topological polar surface area (TPSA) is 72.2 Å². The zero-order valence-electron chi connectivity index (χ0n) is 15.0. The van der Waals surface area contributed by atoms with Crippen LogP contribution in [0.3, 0.4) is 0 Å². The van der Waals surface area contributed by atoms with Crippen LogP contribution in [0.5, 0.6) is 0 Å². The third kappa shape index (κ3) is 3.85. The van der Waals surface area contributed by atoms with E-state index in [0.717, 1.165) is 16.0 Å². The van der Waals surface area contributed by atoms with Gasteiger partial charge in [0.2, 0.25) is 0 Å². The predicted octanol–water partition coefficient (Wildman–Crippen LogP) is 5.28. The van der Waals surface area contributed by atoms with E-state index in [4.69, 9.17) is 4.42 Å². The molecule has 0 aliphatic carbocycles. The number of hydrogen-bond acceptors (Lipinski definition) is 6. The van der Waals surface area contributed by atoms with Crippen LogP contribution in [-0.4, -0.2) is 16.6 Å². The lowest BCUT2D eigenvalue weighted by Gasteiger charge is -2.04. The van der Waals surface area contributed by atoms with Gasteiger partial charge in [-0.05, 0) is 36.1 Å². The monoisotopic (exact) mass is 408 g/mol. The summed E-state index contributed by atoms with van der Waals surface area (Å²) >= 11 is 2.95. The lowest BCUT2D eigenvalue weighted by molar-refractivity contribution is 0.102. The molecule has 7 heteroatoms. The molecule has 1 amide bonds. The minimum Gasteiger partial charge on any atom is -0.422 e. The van der Waals surface area contributed by atoms with Crippen LogP contribution in [0.1, 0.15) is 17.3 Å². The quantitative estimate of drug-likeness (QED) is 0.359. The van der Waals surface area contributed by atoms with Crippen LogP contribution in [0, 0.1) is 0 Å². The highest BCUT2D eigenvalue weighted by Crippen LogP contribution is 2.26. The van der Waals surface area contributed by atoms with Crippen molar-refractivity contribution in [2.45, 2.75) is 11.8 Å². The summed E-state index contributed by atoms with van der Waals surface area (Å²) in [6, 6.07) is 16.5. The van der Waals surface area contributed by atoms with Gasteiger partial charge in [0.05, 0.1) is 11.3 Å².